The van der Waals surface area contributed by atoms with Crippen LogP contribution in [0.1, 0.15) is 21.5 Å². The normalized spacial score (nSPS) is 10.8. The molecule has 0 unspecified atom stereocenters. The fourth-order valence-corrected chi connectivity index (χ4v) is 4.55. The molecule has 3 rings (SSSR count). The van der Waals surface area contributed by atoms with Crippen LogP contribution in [-0.2, 0) is 0 Å². The predicted molar refractivity (Wildman–Crippen MR) is 103 cm³/mol. The van der Waals surface area contributed by atoms with Crippen molar-refractivity contribution in [2.75, 3.05) is 5.75 Å². The number of ketones is 1. The van der Waals surface area contributed by atoms with E-state index in [4.69, 9.17) is 12.2 Å². The molecule has 0 amide bonds. The van der Waals surface area contributed by atoms with E-state index >= 15 is 0 Å². The largest absolute Gasteiger partial charge is 0.293 e. The molecular formula is C18H15FN2OS3. The van der Waals surface area contributed by atoms with Crippen LogP contribution in [0.25, 0.3) is 5.69 Å². The number of hydrogen-bond donors (Lipinski definition) is 0. The molecule has 0 aliphatic heterocycles. The summed E-state index contributed by atoms with van der Waals surface area (Å²) in [5.41, 5.74) is 3.49. The van der Waals surface area contributed by atoms with Crippen LogP contribution in [0.5, 0.6) is 0 Å². The first-order chi connectivity index (χ1) is 11.9. The third-order valence-corrected chi connectivity index (χ3v) is 5.99. The second-order valence-electron chi connectivity index (χ2n) is 5.55. The van der Waals surface area contributed by atoms with Gasteiger partial charge in [0.05, 0.1) is 11.4 Å². The number of hydrogen-bond acceptors (Lipinski definition) is 5. The Morgan fingerprint density at radius 3 is 2.68 bits per heavy atom. The van der Waals surface area contributed by atoms with Crippen LogP contribution in [0.2, 0.25) is 0 Å². The van der Waals surface area contributed by atoms with Crippen molar-refractivity contribution >= 4 is 41.1 Å². The van der Waals surface area contributed by atoms with E-state index in [0.29, 0.717) is 19.7 Å². The minimum Gasteiger partial charge on any atom is -0.293 e. The summed E-state index contributed by atoms with van der Waals surface area (Å²) >= 11 is 8.03. The maximum atomic E-state index is 13.0. The summed E-state index contributed by atoms with van der Waals surface area (Å²) in [5.74, 6) is 0.0654. The summed E-state index contributed by atoms with van der Waals surface area (Å²) in [5, 5.41) is 4.43. The third kappa shape index (κ3) is 4.23. The number of carbonyl (C=O) groups is 1. The molecule has 0 bridgehead atoms. The molecule has 0 radical (unpaired) electrons. The monoisotopic (exact) mass is 390 g/mol. The van der Waals surface area contributed by atoms with Gasteiger partial charge in [-0.05, 0) is 62.0 Å². The molecule has 0 aliphatic carbocycles. The van der Waals surface area contributed by atoms with Crippen molar-refractivity contribution in [3.8, 4) is 5.69 Å². The predicted octanol–water partition coefficient (Wildman–Crippen LogP) is 5.39. The average Bonchev–Trinajstić information content (AvgIpc) is 2.96. The molecule has 0 fully saturated rings. The van der Waals surface area contributed by atoms with Crippen molar-refractivity contribution in [2.24, 2.45) is 0 Å². The molecule has 25 heavy (non-hydrogen) atoms. The molecule has 0 saturated heterocycles. The summed E-state index contributed by atoms with van der Waals surface area (Å²) in [6, 6.07) is 11.9. The van der Waals surface area contributed by atoms with E-state index in [9.17, 15) is 9.18 Å². The lowest BCUT2D eigenvalue weighted by molar-refractivity contribution is 0.102. The fraction of sp³-hybridized carbons (Fsp3) is 0.167. The Hall–Kier alpha value is -1.83. The Morgan fingerprint density at radius 2 is 1.96 bits per heavy atom. The maximum Gasteiger partial charge on any atom is 0.184 e. The van der Waals surface area contributed by atoms with Crippen molar-refractivity contribution < 1.29 is 9.18 Å². The van der Waals surface area contributed by atoms with Crippen molar-refractivity contribution in [3.63, 3.8) is 0 Å². The molecule has 1 heterocycles. The van der Waals surface area contributed by atoms with E-state index < -0.39 is 0 Å². The first kappa shape index (κ1) is 18.0. The highest BCUT2D eigenvalue weighted by molar-refractivity contribution is 8.01. The Kier molecular flexibility index (Phi) is 5.46. The van der Waals surface area contributed by atoms with Gasteiger partial charge in [0.1, 0.15) is 5.82 Å². The van der Waals surface area contributed by atoms with E-state index in [1.807, 2.05) is 32.0 Å². The Labute approximate surface area is 158 Å². The van der Waals surface area contributed by atoms with Gasteiger partial charge in [0, 0.05) is 5.56 Å². The summed E-state index contributed by atoms with van der Waals surface area (Å²) in [6.45, 7) is 3.91. The molecule has 0 spiro atoms. The van der Waals surface area contributed by atoms with Crippen LogP contribution in [0.15, 0.2) is 46.8 Å². The molecule has 0 aliphatic rings. The second kappa shape index (κ2) is 7.59. The number of benzene rings is 2. The Balaban J connectivity index is 1.75. The molecule has 7 heteroatoms. The number of thioether (sulfide) groups is 1. The van der Waals surface area contributed by atoms with E-state index in [1.54, 1.807) is 16.8 Å². The first-order valence-electron chi connectivity index (χ1n) is 7.53. The van der Waals surface area contributed by atoms with Gasteiger partial charge in [0.25, 0.3) is 0 Å². The highest BCUT2D eigenvalue weighted by Crippen LogP contribution is 2.25. The van der Waals surface area contributed by atoms with Crippen molar-refractivity contribution in [1.29, 1.82) is 0 Å². The number of aryl methyl sites for hydroxylation is 2. The molecule has 2 aromatic carbocycles. The standard InChI is InChI=1S/C18H15FN2OS3/c1-11-3-4-12(2)15(9-11)16(22)10-24-17-20-21(18(23)25-17)14-7-5-13(19)6-8-14/h3-9H,10H2,1-2H3. The zero-order chi connectivity index (χ0) is 18.0. The van der Waals surface area contributed by atoms with Crippen LogP contribution in [0, 0.1) is 23.6 Å². The molecule has 0 atom stereocenters. The number of halogens is 1. The average molecular weight is 391 g/mol. The molecule has 0 N–H and O–H groups in total. The van der Waals surface area contributed by atoms with Gasteiger partial charge in [-0.3, -0.25) is 4.79 Å². The molecular weight excluding hydrogens is 375 g/mol. The van der Waals surface area contributed by atoms with Gasteiger partial charge >= 0.3 is 0 Å². The number of Topliss-reactive ketones (excluding diaryl/α,β-unsaturated/α-hetero) is 1. The molecule has 3 nitrogen and oxygen atoms in total. The first-order valence-corrected chi connectivity index (χ1v) is 9.74. The lowest BCUT2D eigenvalue weighted by Crippen LogP contribution is -2.05. The van der Waals surface area contributed by atoms with E-state index in [2.05, 4.69) is 5.10 Å². The highest BCUT2D eigenvalue weighted by atomic mass is 32.2. The molecule has 1 aromatic heterocycles. The zero-order valence-electron chi connectivity index (χ0n) is 13.7. The number of rotatable bonds is 5. The third-order valence-electron chi connectivity index (χ3n) is 3.62. The van der Waals surface area contributed by atoms with Crippen LogP contribution < -0.4 is 0 Å². The van der Waals surface area contributed by atoms with Gasteiger partial charge in [-0.2, -0.15) is 0 Å². The summed E-state index contributed by atoms with van der Waals surface area (Å²) in [4.78, 5) is 12.5. The van der Waals surface area contributed by atoms with Gasteiger partial charge in [0.2, 0.25) is 0 Å². The van der Waals surface area contributed by atoms with Gasteiger partial charge in [-0.1, -0.05) is 40.8 Å². The molecule has 128 valence electrons. The second-order valence-corrected chi connectivity index (χ2v) is 8.40. The lowest BCUT2D eigenvalue weighted by atomic mass is 10.0. The van der Waals surface area contributed by atoms with Crippen molar-refractivity contribution in [2.45, 2.75) is 18.2 Å². The quantitative estimate of drug-likeness (QED) is 0.332. The number of carbonyl (C=O) groups excluding carboxylic acids is 1. The maximum absolute atomic E-state index is 13.0. The summed E-state index contributed by atoms with van der Waals surface area (Å²) < 4.78 is 15.9. The van der Waals surface area contributed by atoms with Crippen molar-refractivity contribution in [1.82, 2.24) is 9.78 Å². The Bertz CT molecular complexity index is 977. The van der Waals surface area contributed by atoms with E-state index in [1.165, 1.54) is 35.2 Å². The van der Waals surface area contributed by atoms with Gasteiger partial charge < -0.3 is 0 Å². The van der Waals surface area contributed by atoms with Crippen LogP contribution >= 0.6 is 35.3 Å². The van der Waals surface area contributed by atoms with Gasteiger partial charge in [0.15, 0.2) is 14.1 Å². The molecule has 3 aromatic rings. The van der Waals surface area contributed by atoms with E-state index in [0.717, 1.165) is 16.7 Å². The topological polar surface area (TPSA) is 34.9 Å². The van der Waals surface area contributed by atoms with Crippen LogP contribution in [0.3, 0.4) is 0 Å². The smallest absolute Gasteiger partial charge is 0.184 e. The number of aromatic nitrogens is 2. The van der Waals surface area contributed by atoms with Crippen molar-refractivity contribution in [3.05, 3.63) is 68.9 Å². The summed E-state index contributed by atoms with van der Waals surface area (Å²) in [6.07, 6.45) is 0. The lowest BCUT2D eigenvalue weighted by Gasteiger charge is -2.05. The molecule has 0 saturated carbocycles. The van der Waals surface area contributed by atoms with Gasteiger partial charge in [-0.15, -0.1) is 5.10 Å². The van der Waals surface area contributed by atoms with Gasteiger partial charge in [-0.25, -0.2) is 9.07 Å². The fourth-order valence-electron chi connectivity index (χ4n) is 2.31. The number of nitrogens with zero attached hydrogens (tertiary/aromatic N) is 2. The minimum atomic E-state index is -0.306. The SMILES string of the molecule is Cc1ccc(C)c(C(=O)CSc2nn(-c3ccc(F)cc3)c(=S)s2)c1. The highest BCUT2D eigenvalue weighted by Gasteiger charge is 2.13. The Morgan fingerprint density at radius 1 is 1.24 bits per heavy atom. The zero-order valence-corrected chi connectivity index (χ0v) is 16.1. The van der Waals surface area contributed by atoms with E-state index in [-0.39, 0.29) is 11.6 Å². The minimum absolute atomic E-state index is 0.0700. The van der Waals surface area contributed by atoms with Crippen LogP contribution in [-0.4, -0.2) is 21.3 Å². The summed E-state index contributed by atoms with van der Waals surface area (Å²) in [7, 11) is 0. The van der Waals surface area contributed by atoms with Crippen LogP contribution in [0.4, 0.5) is 4.39 Å².